The first-order chi connectivity index (χ1) is 18.4. The first kappa shape index (κ1) is 27.0. The highest BCUT2D eigenvalue weighted by molar-refractivity contribution is 9.10. The molecule has 0 radical (unpaired) electrons. The average molecular weight is 590 g/mol. The van der Waals surface area contributed by atoms with Crippen LogP contribution in [0.5, 0.6) is 5.75 Å². The molecule has 38 heavy (non-hydrogen) atoms. The SMILES string of the molecule is COc1ccccc1NC(=O)C1=C(C)NC(SCC(=O)Nc2cccc(Br)c2)=C(C#N)C1c1ccccc1. The smallest absolute Gasteiger partial charge is 0.254 e. The van der Waals surface area contributed by atoms with E-state index < -0.39 is 5.92 Å². The molecule has 2 amide bonds. The van der Waals surface area contributed by atoms with Gasteiger partial charge < -0.3 is 20.7 Å². The molecule has 0 saturated carbocycles. The van der Waals surface area contributed by atoms with Gasteiger partial charge in [-0.05, 0) is 42.8 Å². The maximum absolute atomic E-state index is 13.6. The summed E-state index contributed by atoms with van der Waals surface area (Å²) in [7, 11) is 1.54. The predicted octanol–water partition coefficient (Wildman–Crippen LogP) is 6.16. The highest BCUT2D eigenvalue weighted by Crippen LogP contribution is 2.41. The van der Waals surface area contributed by atoms with Crippen molar-refractivity contribution in [1.29, 1.82) is 5.26 Å². The number of nitrogens with zero attached hydrogens (tertiary/aromatic N) is 1. The number of para-hydroxylation sites is 2. The summed E-state index contributed by atoms with van der Waals surface area (Å²) in [5, 5.41) is 19.8. The molecule has 3 aromatic carbocycles. The Hall–Kier alpha value is -4.00. The van der Waals surface area contributed by atoms with Gasteiger partial charge >= 0.3 is 0 Å². The lowest BCUT2D eigenvalue weighted by molar-refractivity contribution is -0.114. The zero-order valence-electron chi connectivity index (χ0n) is 20.7. The van der Waals surface area contributed by atoms with Crippen molar-refractivity contribution in [2.24, 2.45) is 0 Å². The van der Waals surface area contributed by atoms with Gasteiger partial charge in [0.1, 0.15) is 5.75 Å². The van der Waals surface area contributed by atoms with Crippen LogP contribution in [-0.2, 0) is 9.59 Å². The van der Waals surface area contributed by atoms with Crippen LogP contribution >= 0.6 is 27.7 Å². The number of hydrogen-bond acceptors (Lipinski definition) is 6. The second kappa shape index (κ2) is 12.5. The van der Waals surface area contributed by atoms with Gasteiger partial charge in [0.15, 0.2) is 0 Å². The molecule has 0 aliphatic carbocycles. The van der Waals surface area contributed by atoms with Crippen LogP contribution in [0.15, 0.2) is 105 Å². The van der Waals surface area contributed by atoms with Crippen LogP contribution in [0.2, 0.25) is 0 Å². The number of methoxy groups -OCH3 is 1. The molecular formula is C29H25BrN4O3S. The van der Waals surface area contributed by atoms with E-state index in [2.05, 4.69) is 37.9 Å². The Morgan fingerprint density at radius 1 is 1.05 bits per heavy atom. The monoisotopic (exact) mass is 588 g/mol. The minimum atomic E-state index is -0.618. The summed E-state index contributed by atoms with van der Waals surface area (Å²) >= 11 is 4.62. The number of benzene rings is 3. The van der Waals surface area contributed by atoms with Gasteiger partial charge in [0, 0.05) is 21.4 Å². The molecule has 1 heterocycles. The molecule has 0 aromatic heterocycles. The van der Waals surface area contributed by atoms with Crippen molar-refractivity contribution < 1.29 is 14.3 Å². The van der Waals surface area contributed by atoms with Crippen molar-refractivity contribution >= 4 is 50.9 Å². The van der Waals surface area contributed by atoms with Crippen LogP contribution in [-0.4, -0.2) is 24.7 Å². The standard InChI is InChI=1S/C29H25BrN4O3S/c1-18-26(28(36)34-23-13-6-7-14-24(23)37-2)27(19-9-4-3-5-10-19)22(16-31)29(32-18)38-17-25(35)33-21-12-8-11-20(30)15-21/h3-15,27,32H,17H2,1-2H3,(H,33,35)(H,34,36). The number of thioether (sulfide) groups is 1. The van der Waals surface area contributed by atoms with E-state index in [0.29, 0.717) is 39.0 Å². The normalized spacial score (nSPS) is 14.8. The van der Waals surface area contributed by atoms with Crippen LogP contribution < -0.4 is 20.7 Å². The fourth-order valence-electron chi connectivity index (χ4n) is 4.14. The predicted molar refractivity (Wildman–Crippen MR) is 155 cm³/mol. The Labute approximate surface area is 234 Å². The highest BCUT2D eigenvalue weighted by Gasteiger charge is 2.35. The lowest BCUT2D eigenvalue weighted by Gasteiger charge is -2.30. The van der Waals surface area contributed by atoms with Crippen LogP contribution in [0.1, 0.15) is 18.4 Å². The highest BCUT2D eigenvalue weighted by atomic mass is 79.9. The van der Waals surface area contributed by atoms with Crippen molar-refractivity contribution in [3.8, 4) is 11.8 Å². The molecule has 0 spiro atoms. The second-order valence-corrected chi connectivity index (χ2v) is 10.3. The first-order valence-electron chi connectivity index (χ1n) is 11.7. The Kier molecular flexibility index (Phi) is 8.89. The third-order valence-corrected chi connectivity index (χ3v) is 7.35. The molecule has 1 aliphatic heterocycles. The molecular weight excluding hydrogens is 564 g/mol. The summed E-state index contributed by atoms with van der Waals surface area (Å²) in [6.07, 6.45) is 0. The van der Waals surface area contributed by atoms with E-state index in [1.807, 2.05) is 60.7 Å². The first-order valence-corrected chi connectivity index (χ1v) is 13.5. The average Bonchev–Trinajstić information content (AvgIpc) is 2.92. The summed E-state index contributed by atoms with van der Waals surface area (Å²) in [6.45, 7) is 1.80. The fourth-order valence-corrected chi connectivity index (χ4v) is 5.44. The number of ether oxygens (including phenoxy) is 1. The Balaban J connectivity index is 1.62. The van der Waals surface area contributed by atoms with Gasteiger partial charge in [0.05, 0.1) is 41.1 Å². The molecule has 1 aliphatic rings. The Morgan fingerprint density at radius 2 is 1.79 bits per heavy atom. The van der Waals surface area contributed by atoms with Gasteiger partial charge in [-0.1, -0.05) is 76.2 Å². The third-order valence-electron chi connectivity index (χ3n) is 5.84. The molecule has 9 heteroatoms. The van der Waals surface area contributed by atoms with E-state index in [-0.39, 0.29) is 17.6 Å². The van der Waals surface area contributed by atoms with Crippen LogP contribution in [0.3, 0.4) is 0 Å². The molecule has 192 valence electrons. The van der Waals surface area contributed by atoms with E-state index in [1.54, 1.807) is 25.1 Å². The number of rotatable bonds is 8. The number of amides is 2. The minimum Gasteiger partial charge on any atom is -0.495 e. The molecule has 7 nitrogen and oxygen atoms in total. The van der Waals surface area contributed by atoms with Crippen molar-refractivity contribution in [2.75, 3.05) is 23.5 Å². The number of halogens is 1. The molecule has 4 rings (SSSR count). The Morgan fingerprint density at radius 3 is 2.50 bits per heavy atom. The summed E-state index contributed by atoms with van der Waals surface area (Å²) in [6, 6.07) is 26.2. The minimum absolute atomic E-state index is 0.0809. The number of nitrogens with one attached hydrogen (secondary N) is 3. The quantitative estimate of drug-likeness (QED) is 0.291. The van der Waals surface area contributed by atoms with E-state index in [9.17, 15) is 14.9 Å². The molecule has 0 bridgehead atoms. The molecule has 3 aromatic rings. The zero-order valence-corrected chi connectivity index (χ0v) is 23.2. The number of carbonyl (C=O) groups is 2. The zero-order chi connectivity index (χ0) is 27.1. The number of dihydropyridines is 1. The van der Waals surface area contributed by atoms with E-state index in [4.69, 9.17) is 4.74 Å². The number of anilines is 2. The number of carbonyl (C=O) groups excluding carboxylic acids is 2. The second-order valence-electron chi connectivity index (χ2n) is 8.36. The van der Waals surface area contributed by atoms with Crippen molar-refractivity contribution in [2.45, 2.75) is 12.8 Å². The van der Waals surface area contributed by atoms with E-state index in [1.165, 1.54) is 18.9 Å². The maximum atomic E-state index is 13.6. The van der Waals surface area contributed by atoms with Gasteiger partial charge in [-0.2, -0.15) is 5.26 Å². The number of nitriles is 1. The molecule has 0 saturated heterocycles. The summed E-state index contributed by atoms with van der Waals surface area (Å²) in [5.74, 6) is -0.567. The van der Waals surface area contributed by atoms with Crippen molar-refractivity contribution in [1.82, 2.24) is 5.32 Å². The summed E-state index contributed by atoms with van der Waals surface area (Å²) in [4.78, 5) is 26.3. The van der Waals surface area contributed by atoms with E-state index >= 15 is 0 Å². The van der Waals surface area contributed by atoms with Gasteiger partial charge in [-0.3, -0.25) is 9.59 Å². The Bertz CT molecular complexity index is 1460. The summed E-state index contributed by atoms with van der Waals surface area (Å²) in [5.41, 5.74) is 3.38. The van der Waals surface area contributed by atoms with E-state index in [0.717, 1.165) is 10.0 Å². The fraction of sp³-hybridized carbons (Fsp3) is 0.138. The van der Waals surface area contributed by atoms with Crippen LogP contribution in [0.25, 0.3) is 0 Å². The maximum Gasteiger partial charge on any atom is 0.254 e. The van der Waals surface area contributed by atoms with Crippen LogP contribution in [0, 0.1) is 11.3 Å². The lowest BCUT2D eigenvalue weighted by Crippen LogP contribution is -2.31. The number of hydrogen-bond donors (Lipinski definition) is 3. The van der Waals surface area contributed by atoms with Crippen molar-refractivity contribution in [3.05, 3.63) is 111 Å². The lowest BCUT2D eigenvalue weighted by atomic mass is 9.82. The van der Waals surface area contributed by atoms with Gasteiger partial charge in [0.2, 0.25) is 5.91 Å². The third kappa shape index (κ3) is 6.28. The van der Waals surface area contributed by atoms with Gasteiger partial charge in [0.25, 0.3) is 5.91 Å². The molecule has 1 unspecified atom stereocenters. The van der Waals surface area contributed by atoms with Crippen LogP contribution in [0.4, 0.5) is 11.4 Å². The van der Waals surface area contributed by atoms with Gasteiger partial charge in [-0.25, -0.2) is 0 Å². The number of allylic oxidation sites excluding steroid dienone is 2. The summed E-state index contributed by atoms with van der Waals surface area (Å²) < 4.78 is 6.24. The topological polar surface area (TPSA) is 103 Å². The molecule has 1 atom stereocenters. The largest absolute Gasteiger partial charge is 0.495 e. The van der Waals surface area contributed by atoms with Gasteiger partial charge in [-0.15, -0.1) is 0 Å². The van der Waals surface area contributed by atoms with Crippen molar-refractivity contribution in [3.63, 3.8) is 0 Å². The molecule has 3 N–H and O–H groups in total. The molecule has 0 fully saturated rings.